The summed E-state index contributed by atoms with van der Waals surface area (Å²) in [6.07, 6.45) is 1.79. The van der Waals surface area contributed by atoms with Gasteiger partial charge in [-0.2, -0.15) is 0 Å². The van der Waals surface area contributed by atoms with Gasteiger partial charge in [0, 0.05) is 11.6 Å². The number of rotatable bonds is 6. The predicted molar refractivity (Wildman–Crippen MR) is 108 cm³/mol. The van der Waals surface area contributed by atoms with Crippen LogP contribution < -0.4 is 5.73 Å². The van der Waals surface area contributed by atoms with Crippen LogP contribution in [0.5, 0.6) is 0 Å². The monoisotopic (exact) mass is 428 g/mol. The number of nitrogens with zero attached hydrogens (tertiary/aromatic N) is 1. The van der Waals surface area contributed by atoms with Gasteiger partial charge in [0.2, 0.25) is 0 Å². The van der Waals surface area contributed by atoms with Crippen LogP contribution in [0.1, 0.15) is 25.8 Å². The van der Waals surface area contributed by atoms with E-state index < -0.39 is 28.0 Å². The zero-order valence-corrected chi connectivity index (χ0v) is 17.4. The Balaban J connectivity index is 0.000000370. The van der Waals surface area contributed by atoms with Gasteiger partial charge in [0.05, 0.1) is 4.90 Å². The molecule has 0 spiro atoms. The number of sulfonamides is 1. The van der Waals surface area contributed by atoms with Gasteiger partial charge in [-0.15, -0.1) is 11.8 Å². The van der Waals surface area contributed by atoms with Crippen LogP contribution in [0, 0.1) is 12.8 Å². The molecular formula is C18H24N2O6S2. The highest BCUT2D eigenvalue weighted by Crippen LogP contribution is 2.27. The van der Waals surface area contributed by atoms with E-state index in [1.54, 1.807) is 12.1 Å². The molecule has 1 aliphatic heterocycles. The van der Waals surface area contributed by atoms with Crippen molar-refractivity contribution in [1.29, 1.82) is 0 Å². The standard InChI is InChI=1S/C12H11NO4S2.C6H13NO2/c1-9-2-4-10(5-3-9)19(16,17)13-6-7-18-8-11(13)12(14)15;1-4(2)3-5(7)6(8)9/h2-8H,1H3,(H,14,15);4-5H,3,7H2,1-2H3,(H,8,9)/t;5-/m.0/s1. The normalized spacial score (nSPS) is 14.8. The number of aryl methyl sites for hydroxylation is 1. The van der Waals surface area contributed by atoms with E-state index in [2.05, 4.69) is 0 Å². The fourth-order valence-corrected chi connectivity index (χ4v) is 4.19. The lowest BCUT2D eigenvalue weighted by Gasteiger charge is -2.22. The number of carbonyl (C=O) groups is 2. The number of thioether (sulfide) groups is 1. The molecule has 0 aromatic heterocycles. The van der Waals surface area contributed by atoms with Gasteiger partial charge in [0.15, 0.2) is 0 Å². The molecule has 4 N–H and O–H groups in total. The molecule has 1 aromatic rings. The Labute approximate surface area is 168 Å². The second kappa shape index (κ2) is 10.3. The first-order valence-corrected chi connectivity index (χ1v) is 10.7. The number of aliphatic carboxylic acids is 2. The van der Waals surface area contributed by atoms with E-state index >= 15 is 0 Å². The summed E-state index contributed by atoms with van der Waals surface area (Å²) < 4.78 is 25.5. The van der Waals surface area contributed by atoms with Crippen LogP contribution in [0.2, 0.25) is 0 Å². The Morgan fingerprint density at radius 3 is 2.18 bits per heavy atom. The SMILES string of the molecule is CC(C)C[C@H](N)C(=O)O.Cc1ccc(S(=O)(=O)N2C=CSC=C2C(=O)O)cc1. The topological polar surface area (TPSA) is 138 Å². The van der Waals surface area contributed by atoms with Crippen molar-refractivity contribution >= 4 is 33.7 Å². The zero-order chi connectivity index (χ0) is 21.5. The molecule has 0 unspecified atom stereocenters. The Morgan fingerprint density at radius 1 is 1.18 bits per heavy atom. The summed E-state index contributed by atoms with van der Waals surface area (Å²) in [5, 5.41) is 20.1. The molecule has 0 fully saturated rings. The van der Waals surface area contributed by atoms with Gasteiger partial charge in [-0.1, -0.05) is 31.5 Å². The van der Waals surface area contributed by atoms with Crippen molar-refractivity contribution in [3.8, 4) is 0 Å². The van der Waals surface area contributed by atoms with Crippen molar-refractivity contribution in [2.45, 2.75) is 38.1 Å². The fraction of sp³-hybridized carbons (Fsp3) is 0.333. The first-order valence-electron chi connectivity index (χ1n) is 8.32. The highest BCUT2D eigenvalue weighted by atomic mass is 32.2. The van der Waals surface area contributed by atoms with Gasteiger partial charge in [-0.05, 0) is 36.8 Å². The highest BCUT2D eigenvalue weighted by molar-refractivity contribution is 8.05. The quantitative estimate of drug-likeness (QED) is 0.628. The second-order valence-electron chi connectivity index (χ2n) is 6.42. The molecule has 0 saturated heterocycles. The first kappa shape index (κ1) is 23.7. The average Bonchev–Trinajstić information content (AvgIpc) is 2.62. The molecule has 10 heteroatoms. The second-order valence-corrected chi connectivity index (χ2v) is 9.01. The number of carboxylic acids is 2. The van der Waals surface area contributed by atoms with Crippen LogP contribution in [0.3, 0.4) is 0 Å². The zero-order valence-electron chi connectivity index (χ0n) is 15.8. The Bertz CT molecular complexity index is 861. The van der Waals surface area contributed by atoms with E-state index in [4.69, 9.17) is 15.9 Å². The van der Waals surface area contributed by atoms with Crippen molar-refractivity contribution in [2.24, 2.45) is 11.7 Å². The average molecular weight is 429 g/mol. The van der Waals surface area contributed by atoms with Crippen molar-refractivity contribution in [2.75, 3.05) is 0 Å². The third-order valence-corrected chi connectivity index (χ3v) is 5.87. The molecule has 0 aliphatic carbocycles. The first-order chi connectivity index (χ1) is 13.0. The van der Waals surface area contributed by atoms with Crippen LogP contribution in [-0.2, 0) is 19.6 Å². The van der Waals surface area contributed by atoms with Crippen molar-refractivity contribution < 1.29 is 28.2 Å². The summed E-state index contributed by atoms with van der Waals surface area (Å²) in [6.45, 7) is 5.74. The molecule has 1 aliphatic rings. The number of hydrogen-bond acceptors (Lipinski definition) is 6. The number of hydrogen-bond donors (Lipinski definition) is 3. The predicted octanol–water partition coefficient (Wildman–Crippen LogP) is 2.57. The lowest BCUT2D eigenvalue weighted by atomic mass is 10.1. The lowest BCUT2D eigenvalue weighted by molar-refractivity contribution is -0.139. The Kier molecular flexibility index (Phi) is 8.73. The van der Waals surface area contributed by atoms with Crippen LogP contribution in [0.4, 0.5) is 0 Å². The van der Waals surface area contributed by atoms with Crippen molar-refractivity contribution in [1.82, 2.24) is 4.31 Å². The lowest BCUT2D eigenvalue weighted by Crippen LogP contribution is -2.31. The molecule has 154 valence electrons. The molecule has 0 bridgehead atoms. The molecular weight excluding hydrogens is 404 g/mol. The molecule has 1 atom stereocenters. The molecule has 0 amide bonds. The molecule has 1 heterocycles. The minimum Gasteiger partial charge on any atom is -0.480 e. The van der Waals surface area contributed by atoms with Gasteiger partial charge >= 0.3 is 11.9 Å². The summed E-state index contributed by atoms with van der Waals surface area (Å²) >= 11 is 1.12. The number of nitrogens with two attached hydrogens (primary N) is 1. The summed E-state index contributed by atoms with van der Waals surface area (Å²) in [5.41, 5.74) is 5.86. The van der Waals surface area contributed by atoms with Gasteiger partial charge in [0.1, 0.15) is 11.7 Å². The largest absolute Gasteiger partial charge is 0.480 e. The minimum absolute atomic E-state index is 0.0572. The van der Waals surface area contributed by atoms with Gasteiger partial charge in [0.25, 0.3) is 10.0 Å². The van der Waals surface area contributed by atoms with Crippen LogP contribution in [0.25, 0.3) is 0 Å². The summed E-state index contributed by atoms with van der Waals surface area (Å²) in [6, 6.07) is 5.56. The third kappa shape index (κ3) is 6.70. The van der Waals surface area contributed by atoms with Crippen LogP contribution in [-0.4, -0.2) is 40.9 Å². The number of carboxylic acid groups (broad SMARTS) is 2. The Hall–Kier alpha value is -2.30. The number of benzene rings is 1. The van der Waals surface area contributed by atoms with E-state index in [0.717, 1.165) is 21.6 Å². The smallest absolute Gasteiger partial charge is 0.354 e. The fourth-order valence-electron chi connectivity index (χ4n) is 2.11. The van der Waals surface area contributed by atoms with Crippen LogP contribution in [0.15, 0.2) is 51.9 Å². The molecule has 8 nitrogen and oxygen atoms in total. The van der Waals surface area contributed by atoms with Gasteiger partial charge in [-0.25, -0.2) is 17.5 Å². The molecule has 0 radical (unpaired) electrons. The van der Waals surface area contributed by atoms with E-state index in [9.17, 15) is 18.0 Å². The van der Waals surface area contributed by atoms with Gasteiger partial charge in [-0.3, -0.25) is 4.79 Å². The molecule has 1 aromatic carbocycles. The van der Waals surface area contributed by atoms with E-state index in [-0.39, 0.29) is 10.6 Å². The molecule has 28 heavy (non-hydrogen) atoms. The van der Waals surface area contributed by atoms with E-state index in [1.165, 1.54) is 29.1 Å². The van der Waals surface area contributed by atoms with E-state index in [1.807, 2.05) is 20.8 Å². The maximum Gasteiger partial charge on any atom is 0.354 e. The highest BCUT2D eigenvalue weighted by Gasteiger charge is 2.29. The third-order valence-electron chi connectivity index (χ3n) is 3.53. The van der Waals surface area contributed by atoms with Crippen molar-refractivity contribution in [3.05, 3.63) is 52.5 Å². The Morgan fingerprint density at radius 2 is 1.75 bits per heavy atom. The van der Waals surface area contributed by atoms with Crippen LogP contribution >= 0.6 is 11.8 Å². The maximum atomic E-state index is 12.4. The molecule has 0 saturated carbocycles. The maximum absolute atomic E-state index is 12.4. The van der Waals surface area contributed by atoms with Gasteiger partial charge < -0.3 is 15.9 Å². The summed E-state index contributed by atoms with van der Waals surface area (Å²) in [5.74, 6) is -1.84. The molecule has 2 rings (SSSR count). The summed E-state index contributed by atoms with van der Waals surface area (Å²) in [4.78, 5) is 21.2. The summed E-state index contributed by atoms with van der Waals surface area (Å²) in [7, 11) is -3.89. The minimum atomic E-state index is -3.89. The van der Waals surface area contributed by atoms with E-state index in [0.29, 0.717) is 12.3 Å². The van der Waals surface area contributed by atoms with Crippen molar-refractivity contribution in [3.63, 3.8) is 0 Å².